The molecule has 12 heteroatoms. The number of amides is 5. The molecule has 0 spiro atoms. The van der Waals surface area contributed by atoms with Gasteiger partial charge in [0.05, 0.1) is 4.99 Å². The fraction of sp³-hybridized carbons (Fsp3) is 0.484. The Morgan fingerprint density at radius 1 is 0.698 bits per heavy atom. The number of carbonyl (C=O) groups excluding carboxylic acids is 5. The van der Waals surface area contributed by atoms with Crippen LogP contribution in [0.4, 0.5) is 0 Å². The van der Waals surface area contributed by atoms with Gasteiger partial charge in [0, 0.05) is 33.4 Å². The van der Waals surface area contributed by atoms with Crippen molar-refractivity contribution in [3.05, 3.63) is 48.0 Å². The Labute approximate surface area is 258 Å². The first-order chi connectivity index (χ1) is 20.5. The maximum atomic E-state index is 13.5. The first-order valence-corrected chi connectivity index (χ1v) is 15.0. The minimum atomic E-state index is -0.993. The van der Waals surface area contributed by atoms with Crippen molar-refractivity contribution in [1.29, 1.82) is 0 Å². The SMILES string of the molecule is CC(=O)NCCCC[C@H](NC(C)=O)C(=O)N[C@@H](CCCCNC(C)=S)C(=O)N[C@@H](Cc1ccc2ccccc2c1)C(N)=O. The van der Waals surface area contributed by atoms with Crippen molar-refractivity contribution in [2.75, 3.05) is 13.1 Å². The van der Waals surface area contributed by atoms with Crippen molar-refractivity contribution in [2.45, 2.75) is 83.8 Å². The van der Waals surface area contributed by atoms with Crippen LogP contribution in [-0.2, 0) is 30.4 Å². The van der Waals surface area contributed by atoms with Crippen LogP contribution in [0.2, 0.25) is 0 Å². The molecule has 0 aliphatic carbocycles. The van der Waals surface area contributed by atoms with Crippen LogP contribution in [-0.4, -0.2) is 65.7 Å². The van der Waals surface area contributed by atoms with Gasteiger partial charge in [0.25, 0.3) is 0 Å². The molecule has 0 aromatic heterocycles. The van der Waals surface area contributed by atoms with E-state index in [-0.39, 0.29) is 18.2 Å². The van der Waals surface area contributed by atoms with Crippen LogP contribution in [0.1, 0.15) is 64.9 Å². The summed E-state index contributed by atoms with van der Waals surface area (Å²) >= 11 is 5.04. The molecular weight excluding hydrogens is 568 g/mol. The molecule has 2 rings (SSSR count). The number of thiocarbonyl (C=S) groups is 1. The second-order valence-corrected chi connectivity index (χ2v) is 11.2. The predicted molar refractivity (Wildman–Crippen MR) is 171 cm³/mol. The topological polar surface area (TPSA) is 172 Å². The third-order valence-corrected chi connectivity index (χ3v) is 6.97. The first kappa shape index (κ1) is 35.1. The van der Waals surface area contributed by atoms with E-state index in [1.54, 1.807) is 6.92 Å². The van der Waals surface area contributed by atoms with Crippen molar-refractivity contribution in [1.82, 2.24) is 26.6 Å². The van der Waals surface area contributed by atoms with Crippen molar-refractivity contribution >= 4 is 57.5 Å². The number of nitrogens with one attached hydrogen (secondary N) is 5. The zero-order valence-corrected chi connectivity index (χ0v) is 26.0. The fourth-order valence-electron chi connectivity index (χ4n) is 4.63. The standard InChI is InChI=1S/C31H44N6O5S/c1-20(38)33-16-8-6-12-26(35-21(2)39)30(41)36-27(13-7-9-17-34-22(3)43)31(42)37-28(29(32)40)19-23-14-15-24-10-4-5-11-25(24)18-23/h4-5,10-11,14-15,18,26-28H,6-9,12-13,16-17,19H2,1-3H3,(H2,32,40)(H,33,38)(H,34,43)(H,35,39)(H,36,41)(H,37,42)/t26-,27-,28-/m0/s1. The molecule has 0 saturated carbocycles. The van der Waals surface area contributed by atoms with Crippen molar-refractivity contribution in [2.24, 2.45) is 5.73 Å². The lowest BCUT2D eigenvalue weighted by Crippen LogP contribution is -2.56. The van der Waals surface area contributed by atoms with Crippen molar-refractivity contribution < 1.29 is 24.0 Å². The highest BCUT2D eigenvalue weighted by Crippen LogP contribution is 2.17. The van der Waals surface area contributed by atoms with Gasteiger partial charge in [-0.05, 0) is 61.8 Å². The average molecular weight is 613 g/mol. The number of unbranched alkanes of at least 4 members (excludes halogenated alkanes) is 2. The van der Waals surface area contributed by atoms with E-state index in [4.69, 9.17) is 18.0 Å². The van der Waals surface area contributed by atoms with E-state index in [1.807, 2.05) is 42.5 Å². The number of rotatable bonds is 18. The van der Waals surface area contributed by atoms with Gasteiger partial charge >= 0.3 is 0 Å². The molecule has 7 N–H and O–H groups in total. The van der Waals surface area contributed by atoms with Crippen LogP contribution in [0, 0.1) is 0 Å². The van der Waals surface area contributed by atoms with E-state index < -0.39 is 35.8 Å². The van der Waals surface area contributed by atoms with Gasteiger partial charge in [-0.25, -0.2) is 0 Å². The molecule has 2 aromatic rings. The Kier molecular flexibility index (Phi) is 15.1. The Morgan fingerprint density at radius 3 is 1.81 bits per heavy atom. The van der Waals surface area contributed by atoms with Gasteiger partial charge < -0.3 is 32.3 Å². The van der Waals surface area contributed by atoms with Gasteiger partial charge in [0.2, 0.25) is 29.5 Å². The van der Waals surface area contributed by atoms with Gasteiger partial charge in [-0.3, -0.25) is 24.0 Å². The van der Waals surface area contributed by atoms with Crippen LogP contribution in [0.25, 0.3) is 10.8 Å². The number of nitrogens with two attached hydrogens (primary N) is 1. The average Bonchev–Trinajstić information content (AvgIpc) is 2.94. The molecule has 234 valence electrons. The highest BCUT2D eigenvalue weighted by atomic mass is 32.1. The quantitative estimate of drug-likeness (QED) is 0.110. The maximum Gasteiger partial charge on any atom is 0.243 e. The zero-order chi connectivity index (χ0) is 31.8. The van der Waals surface area contributed by atoms with Crippen LogP contribution >= 0.6 is 12.2 Å². The summed E-state index contributed by atoms with van der Waals surface area (Å²) < 4.78 is 0. The smallest absolute Gasteiger partial charge is 0.243 e. The third kappa shape index (κ3) is 13.6. The highest BCUT2D eigenvalue weighted by Gasteiger charge is 2.28. The summed E-state index contributed by atoms with van der Waals surface area (Å²) in [5.41, 5.74) is 6.51. The predicted octanol–water partition coefficient (Wildman–Crippen LogP) is 1.76. The second-order valence-electron chi connectivity index (χ2n) is 10.6. The van der Waals surface area contributed by atoms with E-state index >= 15 is 0 Å². The maximum absolute atomic E-state index is 13.5. The van der Waals surface area contributed by atoms with Crippen LogP contribution in [0.15, 0.2) is 42.5 Å². The van der Waals surface area contributed by atoms with Gasteiger partial charge in [0.1, 0.15) is 18.1 Å². The zero-order valence-electron chi connectivity index (χ0n) is 25.2. The summed E-state index contributed by atoms with van der Waals surface area (Å²) in [6, 6.07) is 10.8. The molecule has 2 aromatic carbocycles. The lowest BCUT2D eigenvalue weighted by atomic mass is 10.0. The molecule has 3 atom stereocenters. The molecule has 43 heavy (non-hydrogen) atoms. The Morgan fingerprint density at radius 2 is 1.26 bits per heavy atom. The summed E-state index contributed by atoms with van der Waals surface area (Å²) in [5.74, 6) is -2.26. The van der Waals surface area contributed by atoms with E-state index in [0.717, 1.165) is 16.3 Å². The fourth-order valence-corrected chi connectivity index (χ4v) is 4.73. The molecule has 0 saturated heterocycles. The minimum Gasteiger partial charge on any atom is -0.380 e. The number of hydrogen-bond donors (Lipinski definition) is 6. The molecule has 11 nitrogen and oxygen atoms in total. The Balaban J connectivity index is 2.13. The Bertz CT molecular complexity index is 1290. The van der Waals surface area contributed by atoms with Crippen molar-refractivity contribution in [3.8, 4) is 0 Å². The normalized spacial score (nSPS) is 12.8. The lowest BCUT2D eigenvalue weighted by molar-refractivity contribution is -0.133. The van der Waals surface area contributed by atoms with Gasteiger partial charge in [-0.1, -0.05) is 54.7 Å². The molecular formula is C31H44N6O5S. The summed E-state index contributed by atoms with van der Waals surface area (Å²) in [6.45, 7) is 5.60. The summed E-state index contributed by atoms with van der Waals surface area (Å²) in [5, 5.41) is 16.0. The highest BCUT2D eigenvalue weighted by molar-refractivity contribution is 7.80. The van der Waals surface area contributed by atoms with E-state index in [0.29, 0.717) is 56.6 Å². The first-order valence-electron chi connectivity index (χ1n) is 14.6. The summed E-state index contributed by atoms with van der Waals surface area (Å²) in [4.78, 5) is 62.7. The minimum absolute atomic E-state index is 0.143. The third-order valence-electron chi connectivity index (χ3n) is 6.83. The number of benzene rings is 2. The number of carbonyl (C=O) groups is 5. The number of primary amides is 1. The molecule has 0 aliphatic heterocycles. The van der Waals surface area contributed by atoms with Crippen LogP contribution < -0.4 is 32.3 Å². The molecule has 0 heterocycles. The largest absolute Gasteiger partial charge is 0.380 e. The molecule has 0 aliphatic rings. The Hall–Kier alpha value is -4.06. The van der Waals surface area contributed by atoms with E-state index in [2.05, 4.69) is 26.6 Å². The van der Waals surface area contributed by atoms with Crippen LogP contribution in [0.3, 0.4) is 0 Å². The monoisotopic (exact) mass is 612 g/mol. The van der Waals surface area contributed by atoms with Gasteiger partial charge in [0.15, 0.2) is 0 Å². The second kappa shape index (κ2) is 18.5. The molecule has 0 fully saturated rings. The summed E-state index contributed by atoms with van der Waals surface area (Å²) in [6.07, 6.45) is 3.27. The van der Waals surface area contributed by atoms with Crippen molar-refractivity contribution in [3.63, 3.8) is 0 Å². The summed E-state index contributed by atoms with van der Waals surface area (Å²) in [7, 11) is 0. The lowest BCUT2D eigenvalue weighted by Gasteiger charge is -2.25. The number of fused-ring (bicyclic) bond motifs is 1. The van der Waals surface area contributed by atoms with E-state index in [1.165, 1.54) is 13.8 Å². The van der Waals surface area contributed by atoms with Crippen LogP contribution in [0.5, 0.6) is 0 Å². The van der Waals surface area contributed by atoms with Gasteiger partial charge in [-0.2, -0.15) is 0 Å². The molecule has 5 amide bonds. The molecule has 0 unspecified atom stereocenters. The van der Waals surface area contributed by atoms with E-state index in [9.17, 15) is 24.0 Å². The molecule has 0 radical (unpaired) electrons. The molecule has 0 bridgehead atoms. The van der Waals surface area contributed by atoms with Gasteiger partial charge in [-0.15, -0.1) is 0 Å². The number of hydrogen-bond acceptors (Lipinski definition) is 6.